The van der Waals surface area contributed by atoms with E-state index < -0.39 is 5.60 Å². The Bertz CT molecular complexity index is 348. The van der Waals surface area contributed by atoms with Gasteiger partial charge in [0.05, 0.1) is 12.2 Å². The molecule has 90 valence electrons. The molecular weight excluding hydrogens is 202 g/mol. The van der Waals surface area contributed by atoms with Crippen LogP contribution in [0.2, 0.25) is 0 Å². The van der Waals surface area contributed by atoms with E-state index in [1.807, 2.05) is 26.0 Å². The van der Waals surface area contributed by atoms with Crippen molar-refractivity contribution in [2.24, 2.45) is 5.73 Å². The molecule has 3 heteroatoms. The van der Waals surface area contributed by atoms with Gasteiger partial charge in [0.25, 0.3) is 0 Å². The molecule has 1 aromatic rings. The number of ether oxygens (including phenoxy) is 1. The third-order valence-electron chi connectivity index (χ3n) is 2.68. The van der Waals surface area contributed by atoms with Gasteiger partial charge in [-0.15, -0.1) is 0 Å². The lowest BCUT2D eigenvalue weighted by molar-refractivity contribution is 0.0452. The lowest BCUT2D eigenvalue weighted by Crippen LogP contribution is -2.35. The zero-order chi connectivity index (χ0) is 12.2. The van der Waals surface area contributed by atoms with Crippen molar-refractivity contribution >= 4 is 0 Å². The molecule has 1 unspecified atom stereocenters. The van der Waals surface area contributed by atoms with Gasteiger partial charge in [-0.25, -0.2) is 0 Å². The van der Waals surface area contributed by atoms with Crippen LogP contribution in [0.25, 0.3) is 0 Å². The smallest absolute Gasteiger partial charge is 0.122 e. The fourth-order valence-electron chi connectivity index (χ4n) is 1.35. The molecule has 0 aromatic heterocycles. The maximum absolute atomic E-state index is 9.72. The molecule has 0 aliphatic carbocycles. The van der Waals surface area contributed by atoms with Crippen LogP contribution in [0.3, 0.4) is 0 Å². The summed E-state index contributed by atoms with van der Waals surface area (Å²) >= 11 is 0. The highest BCUT2D eigenvalue weighted by atomic mass is 16.5. The summed E-state index contributed by atoms with van der Waals surface area (Å²) in [7, 11) is 0. The molecule has 0 bridgehead atoms. The van der Waals surface area contributed by atoms with Gasteiger partial charge in [-0.05, 0) is 38.0 Å². The minimum absolute atomic E-state index is 0.253. The molecule has 0 amide bonds. The van der Waals surface area contributed by atoms with Crippen LogP contribution < -0.4 is 10.5 Å². The van der Waals surface area contributed by atoms with Crippen molar-refractivity contribution < 1.29 is 9.84 Å². The third kappa shape index (κ3) is 3.83. The quantitative estimate of drug-likeness (QED) is 0.800. The molecule has 0 saturated heterocycles. The van der Waals surface area contributed by atoms with Crippen LogP contribution >= 0.6 is 0 Å². The molecule has 1 rings (SSSR count). The fourth-order valence-corrected chi connectivity index (χ4v) is 1.35. The summed E-state index contributed by atoms with van der Waals surface area (Å²) in [6, 6.07) is 6.09. The summed E-state index contributed by atoms with van der Waals surface area (Å²) in [6.07, 6.45) is 0.539. The second-order valence-corrected chi connectivity index (χ2v) is 4.57. The molecule has 0 aliphatic heterocycles. The van der Waals surface area contributed by atoms with Crippen LogP contribution in [0.1, 0.15) is 24.5 Å². The SMILES string of the molecule is Cc1ccc(C)c(OCCC(C)(O)CN)c1. The zero-order valence-electron chi connectivity index (χ0n) is 10.3. The van der Waals surface area contributed by atoms with Gasteiger partial charge in [0.2, 0.25) is 0 Å². The van der Waals surface area contributed by atoms with Gasteiger partial charge < -0.3 is 15.6 Å². The summed E-state index contributed by atoms with van der Waals surface area (Å²) in [5.74, 6) is 0.882. The lowest BCUT2D eigenvalue weighted by Gasteiger charge is -2.21. The van der Waals surface area contributed by atoms with Crippen LogP contribution in [0.15, 0.2) is 18.2 Å². The molecule has 0 fully saturated rings. The minimum atomic E-state index is -0.836. The molecule has 0 saturated carbocycles. The van der Waals surface area contributed by atoms with E-state index in [4.69, 9.17) is 10.5 Å². The van der Waals surface area contributed by atoms with E-state index >= 15 is 0 Å². The van der Waals surface area contributed by atoms with Crippen molar-refractivity contribution in [1.82, 2.24) is 0 Å². The first-order valence-electron chi connectivity index (χ1n) is 5.57. The van der Waals surface area contributed by atoms with E-state index in [9.17, 15) is 5.11 Å². The highest BCUT2D eigenvalue weighted by Crippen LogP contribution is 2.20. The number of rotatable bonds is 5. The maximum Gasteiger partial charge on any atom is 0.122 e. The Morgan fingerprint density at radius 3 is 2.69 bits per heavy atom. The first kappa shape index (κ1) is 13.0. The van der Waals surface area contributed by atoms with E-state index in [1.165, 1.54) is 5.56 Å². The van der Waals surface area contributed by atoms with Crippen molar-refractivity contribution in [2.45, 2.75) is 32.8 Å². The van der Waals surface area contributed by atoms with Gasteiger partial charge in [0.1, 0.15) is 5.75 Å². The largest absolute Gasteiger partial charge is 0.493 e. The van der Waals surface area contributed by atoms with Gasteiger partial charge in [-0.3, -0.25) is 0 Å². The topological polar surface area (TPSA) is 55.5 Å². The molecule has 1 atom stereocenters. The first-order valence-corrected chi connectivity index (χ1v) is 5.57. The number of aliphatic hydroxyl groups is 1. The Morgan fingerprint density at radius 1 is 1.38 bits per heavy atom. The Morgan fingerprint density at radius 2 is 2.06 bits per heavy atom. The minimum Gasteiger partial charge on any atom is -0.493 e. The van der Waals surface area contributed by atoms with Crippen molar-refractivity contribution in [3.63, 3.8) is 0 Å². The maximum atomic E-state index is 9.72. The average Bonchev–Trinajstić information content (AvgIpc) is 2.23. The molecule has 1 aromatic carbocycles. The van der Waals surface area contributed by atoms with Crippen molar-refractivity contribution in [3.05, 3.63) is 29.3 Å². The molecule has 0 heterocycles. The predicted octanol–water partition coefficient (Wildman–Crippen LogP) is 1.78. The second-order valence-electron chi connectivity index (χ2n) is 4.57. The number of hydrogen-bond acceptors (Lipinski definition) is 3. The van der Waals surface area contributed by atoms with Crippen LogP contribution in [0, 0.1) is 13.8 Å². The van der Waals surface area contributed by atoms with Crippen molar-refractivity contribution in [2.75, 3.05) is 13.2 Å². The van der Waals surface area contributed by atoms with E-state index in [1.54, 1.807) is 6.92 Å². The fraction of sp³-hybridized carbons (Fsp3) is 0.538. The molecule has 16 heavy (non-hydrogen) atoms. The zero-order valence-corrected chi connectivity index (χ0v) is 10.3. The Hall–Kier alpha value is -1.06. The normalized spacial score (nSPS) is 14.6. The van der Waals surface area contributed by atoms with Crippen LogP contribution in [0.4, 0.5) is 0 Å². The van der Waals surface area contributed by atoms with Crippen LogP contribution in [-0.4, -0.2) is 23.9 Å². The van der Waals surface area contributed by atoms with Crippen LogP contribution in [0.5, 0.6) is 5.75 Å². The highest BCUT2D eigenvalue weighted by Gasteiger charge is 2.17. The first-order chi connectivity index (χ1) is 7.44. The van der Waals surface area contributed by atoms with Gasteiger partial charge in [0, 0.05) is 13.0 Å². The number of benzene rings is 1. The number of aryl methyl sites for hydroxylation is 2. The number of hydrogen-bond donors (Lipinski definition) is 2. The summed E-state index contributed by atoms with van der Waals surface area (Å²) in [5, 5.41) is 9.72. The van der Waals surface area contributed by atoms with E-state index in [0.29, 0.717) is 13.0 Å². The van der Waals surface area contributed by atoms with E-state index in [0.717, 1.165) is 11.3 Å². The summed E-state index contributed by atoms with van der Waals surface area (Å²) in [4.78, 5) is 0. The summed E-state index contributed by atoms with van der Waals surface area (Å²) in [5.41, 5.74) is 6.88. The molecule has 0 spiro atoms. The van der Waals surface area contributed by atoms with Gasteiger partial charge in [-0.1, -0.05) is 12.1 Å². The highest BCUT2D eigenvalue weighted by molar-refractivity contribution is 5.35. The second kappa shape index (κ2) is 5.32. The van der Waals surface area contributed by atoms with Gasteiger partial charge >= 0.3 is 0 Å². The van der Waals surface area contributed by atoms with Crippen molar-refractivity contribution in [3.8, 4) is 5.75 Å². The molecular formula is C13H21NO2. The summed E-state index contributed by atoms with van der Waals surface area (Å²) in [6.45, 7) is 6.50. The Balaban J connectivity index is 2.52. The standard InChI is InChI=1S/C13H21NO2/c1-10-4-5-11(2)12(8-10)16-7-6-13(3,15)9-14/h4-5,8,15H,6-7,9,14H2,1-3H3. The lowest BCUT2D eigenvalue weighted by atomic mass is 10.0. The van der Waals surface area contributed by atoms with E-state index in [-0.39, 0.29) is 6.54 Å². The monoisotopic (exact) mass is 223 g/mol. The number of nitrogens with two attached hydrogens (primary N) is 1. The predicted molar refractivity (Wildman–Crippen MR) is 65.7 cm³/mol. The molecule has 0 radical (unpaired) electrons. The Kier molecular flexibility index (Phi) is 4.33. The van der Waals surface area contributed by atoms with E-state index in [2.05, 4.69) is 6.07 Å². The average molecular weight is 223 g/mol. The van der Waals surface area contributed by atoms with Gasteiger partial charge in [-0.2, -0.15) is 0 Å². The molecule has 3 N–H and O–H groups in total. The van der Waals surface area contributed by atoms with Crippen LogP contribution in [-0.2, 0) is 0 Å². The van der Waals surface area contributed by atoms with Crippen molar-refractivity contribution in [1.29, 1.82) is 0 Å². The third-order valence-corrected chi connectivity index (χ3v) is 2.68. The summed E-state index contributed by atoms with van der Waals surface area (Å²) < 4.78 is 5.64. The van der Waals surface area contributed by atoms with Gasteiger partial charge in [0.15, 0.2) is 0 Å². The molecule has 3 nitrogen and oxygen atoms in total. The Labute approximate surface area is 97.2 Å². The molecule has 0 aliphatic rings.